The minimum atomic E-state index is -3.70. The van der Waals surface area contributed by atoms with Crippen LogP contribution < -0.4 is 10.0 Å². The van der Waals surface area contributed by atoms with E-state index in [-0.39, 0.29) is 17.3 Å². The fraction of sp³-hybridized carbons (Fsp3) is 0.600. The molecule has 0 bridgehead atoms. The lowest BCUT2D eigenvalue weighted by atomic mass is 10.3. The van der Waals surface area contributed by atoms with Crippen molar-refractivity contribution >= 4 is 10.0 Å². The smallest absolute Gasteiger partial charge is 0.244 e. The number of aromatic nitrogens is 6. The fourth-order valence-electron chi connectivity index (χ4n) is 1.82. The topological polar surface area (TPSA) is 141 Å². The predicted octanol–water partition coefficient (Wildman–Crippen LogP) is -0.791. The molecular weight excluding hydrogens is 296 g/mol. The highest BCUT2D eigenvalue weighted by Gasteiger charge is 2.24. The summed E-state index contributed by atoms with van der Waals surface area (Å²) in [6.45, 7) is 4.84. The summed E-state index contributed by atoms with van der Waals surface area (Å²) in [5.74, 6) is 0.269. The lowest BCUT2D eigenvalue weighted by Gasteiger charge is -2.07. The summed E-state index contributed by atoms with van der Waals surface area (Å²) in [6, 6.07) is 0. The standard InChI is InChI=1S/C10H18N8O2S/c1-3-4-11-5-8-10(7(2)13-14-8)21(19,20)12-6-9-15-17-18-16-9/h11-12H,3-6H2,1-2H3,(H,13,14)(H,15,16,17,18). The number of sulfonamides is 1. The van der Waals surface area contributed by atoms with Crippen LogP contribution in [-0.4, -0.2) is 45.8 Å². The SMILES string of the molecule is CCCNCc1n[nH]c(C)c1S(=O)(=O)NCc1nn[nH]n1. The maximum absolute atomic E-state index is 12.4. The molecule has 0 aliphatic heterocycles. The van der Waals surface area contributed by atoms with Crippen LogP contribution >= 0.6 is 0 Å². The lowest BCUT2D eigenvalue weighted by molar-refractivity contribution is 0.575. The molecule has 4 N–H and O–H groups in total. The van der Waals surface area contributed by atoms with Gasteiger partial charge in [-0.3, -0.25) is 5.10 Å². The van der Waals surface area contributed by atoms with Crippen molar-refractivity contribution in [2.24, 2.45) is 0 Å². The molecule has 21 heavy (non-hydrogen) atoms. The summed E-state index contributed by atoms with van der Waals surface area (Å²) in [6.07, 6.45) is 0.960. The molecule has 0 unspecified atom stereocenters. The molecule has 0 aromatic carbocycles. The Labute approximate surface area is 122 Å². The lowest BCUT2D eigenvalue weighted by Crippen LogP contribution is -2.26. The van der Waals surface area contributed by atoms with Crippen LogP contribution in [0.5, 0.6) is 0 Å². The molecule has 0 radical (unpaired) electrons. The Morgan fingerprint density at radius 3 is 2.71 bits per heavy atom. The van der Waals surface area contributed by atoms with E-state index < -0.39 is 10.0 Å². The Morgan fingerprint density at radius 2 is 2.05 bits per heavy atom. The Hall–Kier alpha value is -1.85. The largest absolute Gasteiger partial charge is 0.311 e. The van der Waals surface area contributed by atoms with E-state index in [9.17, 15) is 8.42 Å². The quantitative estimate of drug-likeness (QED) is 0.468. The molecule has 2 aromatic rings. The number of aromatic amines is 2. The number of tetrazole rings is 1. The normalized spacial score (nSPS) is 11.9. The summed E-state index contributed by atoms with van der Waals surface area (Å²) in [5.41, 5.74) is 0.950. The van der Waals surface area contributed by atoms with E-state index in [1.54, 1.807) is 6.92 Å². The highest BCUT2D eigenvalue weighted by atomic mass is 32.2. The molecule has 2 heterocycles. The van der Waals surface area contributed by atoms with Gasteiger partial charge in [0.05, 0.1) is 17.9 Å². The van der Waals surface area contributed by atoms with Crippen LogP contribution in [0.2, 0.25) is 0 Å². The van der Waals surface area contributed by atoms with Gasteiger partial charge in [0, 0.05) is 6.54 Å². The fourth-order valence-corrected chi connectivity index (χ4v) is 3.16. The van der Waals surface area contributed by atoms with Gasteiger partial charge in [0.25, 0.3) is 0 Å². The summed E-state index contributed by atoms with van der Waals surface area (Å²) < 4.78 is 27.2. The van der Waals surface area contributed by atoms with Gasteiger partial charge in [-0.1, -0.05) is 12.1 Å². The van der Waals surface area contributed by atoms with Crippen molar-refractivity contribution in [2.45, 2.75) is 38.3 Å². The maximum Gasteiger partial charge on any atom is 0.244 e. The summed E-state index contributed by atoms with van der Waals surface area (Å²) >= 11 is 0. The Bertz CT molecular complexity index is 663. The van der Waals surface area contributed by atoms with E-state index in [0.717, 1.165) is 13.0 Å². The van der Waals surface area contributed by atoms with Crippen molar-refractivity contribution < 1.29 is 8.42 Å². The molecule has 116 valence electrons. The van der Waals surface area contributed by atoms with Gasteiger partial charge in [0.1, 0.15) is 4.90 Å². The molecule has 2 aromatic heterocycles. The highest BCUT2D eigenvalue weighted by molar-refractivity contribution is 7.89. The Balaban J connectivity index is 2.13. The van der Waals surface area contributed by atoms with Crippen LogP contribution in [0.3, 0.4) is 0 Å². The summed E-state index contributed by atoms with van der Waals surface area (Å²) in [5, 5.41) is 22.9. The van der Waals surface area contributed by atoms with Gasteiger partial charge >= 0.3 is 0 Å². The number of nitrogens with zero attached hydrogens (tertiary/aromatic N) is 4. The number of nitrogens with one attached hydrogen (secondary N) is 4. The van der Waals surface area contributed by atoms with Crippen LogP contribution in [0.1, 0.15) is 30.6 Å². The second-order valence-electron chi connectivity index (χ2n) is 4.45. The molecule has 10 nitrogen and oxygen atoms in total. The average Bonchev–Trinajstić information content (AvgIpc) is 3.07. The van der Waals surface area contributed by atoms with Crippen molar-refractivity contribution in [2.75, 3.05) is 6.54 Å². The molecule has 0 fully saturated rings. The van der Waals surface area contributed by atoms with Crippen LogP contribution in [0, 0.1) is 6.92 Å². The van der Waals surface area contributed by atoms with E-state index in [0.29, 0.717) is 17.9 Å². The number of rotatable bonds is 8. The van der Waals surface area contributed by atoms with Crippen LogP contribution in [0.25, 0.3) is 0 Å². The molecule has 0 saturated carbocycles. The second-order valence-corrected chi connectivity index (χ2v) is 6.16. The summed E-state index contributed by atoms with van der Waals surface area (Å²) in [7, 11) is -3.70. The monoisotopic (exact) mass is 314 g/mol. The molecule has 0 amide bonds. The van der Waals surface area contributed by atoms with Gasteiger partial charge in [-0.25, -0.2) is 13.1 Å². The van der Waals surface area contributed by atoms with Gasteiger partial charge in [-0.05, 0) is 19.9 Å². The molecular formula is C10H18N8O2S. The first-order chi connectivity index (χ1) is 10.0. The number of aryl methyl sites for hydroxylation is 1. The first-order valence-electron chi connectivity index (χ1n) is 6.51. The third-order valence-electron chi connectivity index (χ3n) is 2.76. The minimum absolute atomic E-state index is 0.0364. The molecule has 11 heteroatoms. The maximum atomic E-state index is 12.4. The van der Waals surface area contributed by atoms with E-state index in [1.807, 2.05) is 6.92 Å². The van der Waals surface area contributed by atoms with E-state index >= 15 is 0 Å². The minimum Gasteiger partial charge on any atom is -0.311 e. The molecule has 0 spiro atoms. The Morgan fingerprint density at radius 1 is 1.24 bits per heavy atom. The van der Waals surface area contributed by atoms with E-state index in [4.69, 9.17) is 0 Å². The Kier molecular flexibility index (Phi) is 4.98. The number of H-pyrrole nitrogens is 2. The third-order valence-corrected chi connectivity index (χ3v) is 4.36. The van der Waals surface area contributed by atoms with Crippen molar-refractivity contribution in [1.29, 1.82) is 0 Å². The molecule has 2 rings (SSSR count). The zero-order valence-corrected chi connectivity index (χ0v) is 12.7. The number of hydrogen-bond donors (Lipinski definition) is 4. The van der Waals surface area contributed by atoms with Crippen molar-refractivity contribution in [1.82, 2.24) is 40.9 Å². The van der Waals surface area contributed by atoms with Crippen molar-refractivity contribution in [3.05, 3.63) is 17.2 Å². The third kappa shape index (κ3) is 3.83. The second kappa shape index (κ2) is 6.74. The average molecular weight is 314 g/mol. The van der Waals surface area contributed by atoms with Crippen LogP contribution in [0.15, 0.2) is 4.90 Å². The molecule has 0 aliphatic rings. The first-order valence-corrected chi connectivity index (χ1v) is 7.99. The van der Waals surface area contributed by atoms with Gasteiger partial charge in [0.15, 0.2) is 5.82 Å². The highest BCUT2D eigenvalue weighted by Crippen LogP contribution is 2.17. The van der Waals surface area contributed by atoms with Crippen molar-refractivity contribution in [3.63, 3.8) is 0 Å². The molecule has 0 aliphatic carbocycles. The van der Waals surface area contributed by atoms with Gasteiger partial charge in [0.2, 0.25) is 10.0 Å². The first kappa shape index (κ1) is 15.5. The van der Waals surface area contributed by atoms with Crippen LogP contribution in [0.4, 0.5) is 0 Å². The van der Waals surface area contributed by atoms with E-state index in [1.165, 1.54) is 0 Å². The zero-order chi connectivity index (χ0) is 15.3. The van der Waals surface area contributed by atoms with Gasteiger partial charge < -0.3 is 5.32 Å². The predicted molar refractivity (Wildman–Crippen MR) is 73.5 cm³/mol. The molecule has 0 atom stereocenters. The van der Waals surface area contributed by atoms with E-state index in [2.05, 4.69) is 40.9 Å². The van der Waals surface area contributed by atoms with Crippen LogP contribution in [-0.2, 0) is 23.1 Å². The van der Waals surface area contributed by atoms with Gasteiger partial charge in [-0.15, -0.1) is 10.2 Å². The number of hydrogen-bond acceptors (Lipinski definition) is 7. The summed E-state index contributed by atoms with van der Waals surface area (Å²) in [4.78, 5) is 0.162. The molecule has 0 saturated heterocycles. The van der Waals surface area contributed by atoms with Crippen molar-refractivity contribution in [3.8, 4) is 0 Å². The van der Waals surface area contributed by atoms with Gasteiger partial charge in [-0.2, -0.15) is 10.3 Å². The zero-order valence-electron chi connectivity index (χ0n) is 11.8.